The van der Waals surface area contributed by atoms with Crippen molar-refractivity contribution in [3.05, 3.63) is 194 Å². The van der Waals surface area contributed by atoms with E-state index in [1.54, 1.807) is 0 Å². The van der Waals surface area contributed by atoms with E-state index in [1.165, 1.54) is 104 Å². The van der Waals surface area contributed by atoms with Crippen molar-refractivity contribution < 1.29 is 0 Å². The van der Waals surface area contributed by atoms with Crippen LogP contribution < -0.4 is 0 Å². The van der Waals surface area contributed by atoms with E-state index in [4.69, 9.17) is 0 Å². The molecule has 0 amide bonds. The van der Waals surface area contributed by atoms with Crippen LogP contribution in [0.25, 0.3) is 109 Å². The topological polar surface area (TPSA) is 9.86 Å². The summed E-state index contributed by atoms with van der Waals surface area (Å²) in [5, 5.41) is 15.3. The molecule has 0 aliphatic carbocycles. The summed E-state index contributed by atoms with van der Waals surface area (Å²) < 4.78 is 4.88. The van der Waals surface area contributed by atoms with Gasteiger partial charge < -0.3 is 9.13 Å². The second-order valence-corrected chi connectivity index (χ2v) is 14.5. The summed E-state index contributed by atoms with van der Waals surface area (Å²) >= 11 is 0. The van der Waals surface area contributed by atoms with Crippen molar-refractivity contribution in [1.29, 1.82) is 0 Å². The van der Waals surface area contributed by atoms with Crippen molar-refractivity contribution in [3.63, 3.8) is 0 Å². The number of nitrogens with zero attached hydrogens (tertiary/aromatic N) is 2. The minimum atomic E-state index is 1.16. The lowest BCUT2D eigenvalue weighted by Gasteiger charge is -2.12. The number of aromatic nitrogens is 2. The van der Waals surface area contributed by atoms with Gasteiger partial charge in [0.25, 0.3) is 0 Å². The van der Waals surface area contributed by atoms with Gasteiger partial charge in [0.15, 0.2) is 0 Å². The minimum absolute atomic E-state index is 1.16. The Bertz CT molecular complexity index is 3480. The average molecular weight is 685 g/mol. The molecule has 0 radical (unpaired) electrons. The quantitative estimate of drug-likeness (QED) is 0.164. The van der Waals surface area contributed by atoms with E-state index >= 15 is 0 Å². The van der Waals surface area contributed by atoms with Gasteiger partial charge in [-0.1, -0.05) is 133 Å². The largest absolute Gasteiger partial charge is 0.309 e. The van der Waals surface area contributed by atoms with Gasteiger partial charge in [-0.3, -0.25) is 0 Å². The summed E-state index contributed by atoms with van der Waals surface area (Å²) in [7, 11) is 0. The Kier molecular flexibility index (Phi) is 6.09. The summed E-state index contributed by atoms with van der Waals surface area (Å²) in [6.07, 6.45) is 0. The number of fused-ring (bicyclic) bond motifs is 14. The molecule has 0 fully saturated rings. The van der Waals surface area contributed by atoms with Crippen LogP contribution in [0.4, 0.5) is 0 Å². The first kappa shape index (κ1) is 29.4. The Hall–Kier alpha value is -7.16. The lowest BCUT2D eigenvalue weighted by molar-refractivity contribution is 1.18. The van der Waals surface area contributed by atoms with E-state index < -0.39 is 0 Å². The van der Waals surface area contributed by atoms with E-state index in [-0.39, 0.29) is 0 Å². The van der Waals surface area contributed by atoms with Crippen LogP contribution in [0.1, 0.15) is 0 Å². The highest BCUT2D eigenvalue weighted by Crippen LogP contribution is 2.43. The molecule has 0 saturated heterocycles. The minimum Gasteiger partial charge on any atom is -0.309 e. The molecule has 2 heteroatoms. The third-order valence-electron chi connectivity index (χ3n) is 11.6. The van der Waals surface area contributed by atoms with Gasteiger partial charge in [0.05, 0.1) is 22.1 Å². The summed E-state index contributed by atoms with van der Waals surface area (Å²) in [4.78, 5) is 0. The zero-order chi connectivity index (χ0) is 35.3. The lowest BCUT2D eigenvalue weighted by Crippen LogP contribution is -1.94. The maximum Gasteiger partial charge on any atom is 0.0619 e. The molecule has 0 saturated carbocycles. The summed E-state index contributed by atoms with van der Waals surface area (Å²) in [5.74, 6) is 0. The normalized spacial score (nSPS) is 12.1. The Labute approximate surface area is 311 Å². The van der Waals surface area contributed by atoms with Gasteiger partial charge in [0, 0.05) is 38.3 Å². The molecule has 0 bridgehead atoms. The summed E-state index contributed by atoms with van der Waals surface area (Å²) in [6.45, 7) is 0. The molecule has 2 aromatic heterocycles. The number of hydrogen-bond donors (Lipinski definition) is 0. The molecule has 12 aromatic rings. The van der Waals surface area contributed by atoms with Gasteiger partial charge in [-0.05, 0) is 109 Å². The predicted molar refractivity (Wildman–Crippen MR) is 231 cm³/mol. The highest BCUT2D eigenvalue weighted by Gasteiger charge is 2.19. The van der Waals surface area contributed by atoms with E-state index in [1.807, 2.05) is 0 Å². The van der Waals surface area contributed by atoms with Crippen molar-refractivity contribution in [3.8, 4) is 22.5 Å². The first-order valence-corrected chi connectivity index (χ1v) is 18.7. The number of para-hydroxylation sites is 2. The number of benzene rings is 10. The van der Waals surface area contributed by atoms with Gasteiger partial charge >= 0.3 is 0 Å². The number of rotatable bonds is 3. The smallest absolute Gasteiger partial charge is 0.0619 e. The molecule has 0 unspecified atom stereocenters. The van der Waals surface area contributed by atoms with Gasteiger partial charge in [0.1, 0.15) is 0 Å². The molecular weight excluding hydrogens is 653 g/mol. The van der Waals surface area contributed by atoms with Crippen LogP contribution in [0, 0.1) is 0 Å². The molecule has 2 nitrogen and oxygen atoms in total. The fourth-order valence-corrected chi connectivity index (χ4v) is 9.26. The van der Waals surface area contributed by atoms with E-state index in [0.29, 0.717) is 0 Å². The summed E-state index contributed by atoms with van der Waals surface area (Å²) in [6, 6.07) is 71.5. The van der Waals surface area contributed by atoms with Crippen LogP contribution in [-0.2, 0) is 0 Å². The Morgan fingerprint density at radius 1 is 0.241 bits per heavy atom. The molecule has 0 N–H and O–H groups in total. The zero-order valence-electron chi connectivity index (χ0n) is 29.4. The van der Waals surface area contributed by atoms with Crippen LogP contribution in [0.3, 0.4) is 0 Å². The van der Waals surface area contributed by atoms with Crippen molar-refractivity contribution in [2.24, 2.45) is 0 Å². The van der Waals surface area contributed by atoms with Gasteiger partial charge in [-0.2, -0.15) is 0 Å². The molecule has 54 heavy (non-hydrogen) atoms. The number of hydrogen-bond acceptors (Lipinski definition) is 0. The summed E-state index contributed by atoms with van der Waals surface area (Å²) in [5.41, 5.74) is 9.64. The fraction of sp³-hybridized carbons (Fsp3) is 0. The molecule has 250 valence electrons. The molecule has 0 spiro atoms. The predicted octanol–water partition coefficient (Wildman–Crippen LogP) is 14.2. The van der Waals surface area contributed by atoms with Gasteiger partial charge in [0.2, 0.25) is 0 Å². The zero-order valence-corrected chi connectivity index (χ0v) is 29.4. The van der Waals surface area contributed by atoms with Gasteiger partial charge in [-0.25, -0.2) is 0 Å². The Morgan fingerprint density at radius 2 is 0.704 bits per heavy atom. The van der Waals surface area contributed by atoms with E-state index in [0.717, 1.165) is 5.69 Å². The van der Waals surface area contributed by atoms with Crippen molar-refractivity contribution in [2.75, 3.05) is 0 Å². The molecular formula is C52H32N2. The monoisotopic (exact) mass is 684 g/mol. The maximum absolute atomic E-state index is 2.45. The molecule has 0 aliphatic heterocycles. The molecule has 10 aromatic carbocycles. The molecule has 12 rings (SSSR count). The maximum atomic E-state index is 2.45. The third kappa shape index (κ3) is 4.11. The first-order chi connectivity index (χ1) is 26.8. The van der Waals surface area contributed by atoms with Crippen molar-refractivity contribution >= 4 is 86.7 Å². The van der Waals surface area contributed by atoms with Crippen LogP contribution in [-0.4, -0.2) is 9.13 Å². The van der Waals surface area contributed by atoms with Crippen LogP contribution >= 0.6 is 0 Å². The van der Waals surface area contributed by atoms with Crippen LogP contribution in [0.15, 0.2) is 194 Å². The van der Waals surface area contributed by atoms with Crippen molar-refractivity contribution in [2.45, 2.75) is 0 Å². The van der Waals surface area contributed by atoms with Crippen LogP contribution in [0.5, 0.6) is 0 Å². The van der Waals surface area contributed by atoms with E-state index in [9.17, 15) is 0 Å². The second kappa shape index (κ2) is 11.2. The Balaban J connectivity index is 1.15. The van der Waals surface area contributed by atoms with Crippen molar-refractivity contribution in [1.82, 2.24) is 9.13 Å². The third-order valence-corrected chi connectivity index (χ3v) is 11.6. The highest BCUT2D eigenvalue weighted by molar-refractivity contribution is 6.29. The SMILES string of the molecule is c1ccc(-n2c3ccc(-c4ccc5c(c4)c4ccc6ccccc6c4n5-c4ccccc4)cc3c3cc4c5ccccc5c5ccccc5c4cc32)cc1. The highest BCUT2D eigenvalue weighted by atomic mass is 15.0. The van der Waals surface area contributed by atoms with Gasteiger partial charge in [-0.15, -0.1) is 0 Å². The standard InChI is InChI=1S/C52H32N2/c1-3-14-36(15-4-1)53-49-27-24-35(30-47(49)48-31-44-41-21-11-9-19-39(41)40-20-10-12-22-42(40)45(44)32-51(48)53)34-25-28-50-46(29-34)43-26-23-33-13-7-8-18-38(33)52(43)54(50)37-16-5-2-6-17-37/h1-32H. The lowest BCUT2D eigenvalue weighted by atomic mass is 9.93. The average Bonchev–Trinajstić information content (AvgIpc) is 3.75. The molecule has 2 heterocycles. The first-order valence-electron chi connectivity index (χ1n) is 18.7. The second-order valence-electron chi connectivity index (χ2n) is 14.5. The molecule has 0 atom stereocenters. The van der Waals surface area contributed by atoms with E-state index in [2.05, 4.69) is 203 Å². The molecule has 0 aliphatic rings. The Morgan fingerprint density at radius 3 is 1.33 bits per heavy atom. The van der Waals surface area contributed by atoms with Crippen LogP contribution in [0.2, 0.25) is 0 Å². The fourth-order valence-electron chi connectivity index (χ4n) is 9.26.